The zero-order valence-corrected chi connectivity index (χ0v) is 14.8. The highest BCUT2D eigenvalue weighted by molar-refractivity contribution is 5.81. The Balaban J connectivity index is 2.20. The Bertz CT molecular complexity index is 560. The van der Waals surface area contributed by atoms with Crippen molar-refractivity contribution >= 4 is 18.2 Å². The third-order valence-corrected chi connectivity index (χ3v) is 3.43. The van der Waals surface area contributed by atoms with Crippen LogP contribution in [0.3, 0.4) is 0 Å². The number of amides is 1. The number of esters is 1. The van der Waals surface area contributed by atoms with E-state index in [1.807, 2.05) is 37.3 Å². The minimum absolute atomic E-state index is 0.0181. The van der Waals surface area contributed by atoms with Crippen LogP contribution in [0.4, 0.5) is 9.59 Å². The van der Waals surface area contributed by atoms with Gasteiger partial charge in [-0.25, -0.2) is 9.59 Å². The third-order valence-electron chi connectivity index (χ3n) is 3.43. The maximum Gasteiger partial charge on any atom is 0.516 e. The lowest BCUT2D eigenvalue weighted by atomic mass is 10.2. The Morgan fingerprint density at radius 1 is 1.12 bits per heavy atom. The molecule has 0 saturated carbocycles. The normalized spacial score (nSPS) is 12.6. The van der Waals surface area contributed by atoms with E-state index >= 15 is 0 Å². The van der Waals surface area contributed by atoms with E-state index in [0.29, 0.717) is 12.8 Å². The minimum Gasteiger partial charge on any atom is -0.445 e. The first kappa shape index (κ1) is 20.5. The average Bonchev–Trinajstić information content (AvgIpc) is 2.58. The van der Waals surface area contributed by atoms with Crippen molar-refractivity contribution in [1.82, 2.24) is 5.32 Å². The second-order valence-corrected chi connectivity index (χ2v) is 5.71. The largest absolute Gasteiger partial charge is 0.516 e. The molecule has 1 unspecified atom stereocenters. The van der Waals surface area contributed by atoms with Gasteiger partial charge in [-0.05, 0) is 32.3 Å². The van der Waals surface area contributed by atoms with E-state index in [2.05, 4.69) is 10.1 Å². The molecule has 0 aliphatic rings. The van der Waals surface area contributed by atoms with Crippen molar-refractivity contribution < 1.29 is 28.6 Å². The summed E-state index contributed by atoms with van der Waals surface area (Å²) in [6, 6.07) is 9.00. The summed E-state index contributed by atoms with van der Waals surface area (Å²) in [6.07, 6.45) is -0.940. The van der Waals surface area contributed by atoms with E-state index in [9.17, 15) is 14.4 Å². The van der Waals surface area contributed by atoms with Crippen LogP contribution in [0.5, 0.6) is 0 Å². The predicted octanol–water partition coefficient (Wildman–Crippen LogP) is 3.56. The van der Waals surface area contributed by atoms with Crippen LogP contribution in [0.15, 0.2) is 30.3 Å². The smallest absolute Gasteiger partial charge is 0.445 e. The molecule has 1 N–H and O–H groups in total. The van der Waals surface area contributed by atoms with Crippen LogP contribution < -0.4 is 5.32 Å². The summed E-state index contributed by atoms with van der Waals surface area (Å²) in [6.45, 7) is 5.46. The second kappa shape index (κ2) is 11.1. The first-order valence-electron chi connectivity index (χ1n) is 8.29. The minimum atomic E-state index is -0.998. The number of carbonyl (C=O) groups is 3. The molecule has 0 aliphatic heterocycles. The van der Waals surface area contributed by atoms with Crippen LogP contribution in [-0.2, 0) is 25.6 Å². The van der Waals surface area contributed by atoms with Crippen LogP contribution in [0.1, 0.15) is 45.6 Å². The van der Waals surface area contributed by atoms with Gasteiger partial charge in [-0.1, -0.05) is 37.3 Å². The molecule has 2 atom stereocenters. The standard InChI is InChI=1S/C18H25NO6/c1-4-14(3)24-18(22)25-16(20)11-10-13(2)19-17(21)23-12-15-8-6-5-7-9-15/h5-9,13-14H,4,10-12H2,1-3H3,(H,19,21)/t13-,14?/m1/s1. The Labute approximate surface area is 147 Å². The third kappa shape index (κ3) is 9.34. The molecule has 25 heavy (non-hydrogen) atoms. The molecular formula is C18H25NO6. The molecule has 0 heterocycles. The van der Waals surface area contributed by atoms with Gasteiger partial charge < -0.3 is 19.5 Å². The summed E-state index contributed by atoms with van der Waals surface area (Å²) in [7, 11) is 0. The van der Waals surface area contributed by atoms with Crippen LogP contribution in [0.2, 0.25) is 0 Å². The highest BCUT2D eigenvalue weighted by Crippen LogP contribution is 2.04. The molecule has 7 heteroatoms. The first-order valence-corrected chi connectivity index (χ1v) is 8.29. The quantitative estimate of drug-likeness (QED) is 0.569. The van der Waals surface area contributed by atoms with Crippen molar-refractivity contribution in [3.63, 3.8) is 0 Å². The molecule has 1 aromatic carbocycles. The van der Waals surface area contributed by atoms with E-state index in [1.54, 1.807) is 13.8 Å². The van der Waals surface area contributed by atoms with Gasteiger partial charge in [0.25, 0.3) is 0 Å². The number of ether oxygens (including phenoxy) is 3. The van der Waals surface area contributed by atoms with Crippen LogP contribution in [0, 0.1) is 0 Å². The van der Waals surface area contributed by atoms with E-state index in [4.69, 9.17) is 9.47 Å². The van der Waals surface area contributed by atoms with Crippen LogP contribution in [-0.4, -0.2) is 30.4 Å². The number of nitrogens with one attached hydrogen (secondary N) is 1. The van der Waals surface area contributed by atoms with E-state index in [-0.39, 0.29) is 25.2 Å². The molecule has 0 spiro atoms. The molecule has 0 saturated heterocycles. The average molecular weight is 351 g/mol. The highest BCUT2D eigenvalue weighted by Gasteiger charge is 2.16. The maximum atomic E-state index is 11.7. The zero-order valence-electron chi connectivity index (χ0n) is 14.8. The molecule has 1 rings (SSSR count). The fraction of sp³-hybridized carbons (Fsp3) is 0.500. The lowest BCUT2D eigenvalue weighted by Gasteiger charge is -2.14. The van der Waals surface area contributed by atoms with E-state index < -0.39 is 18.2 Å². The van der Waals surface area contributed by atoms with Crippen molar-refractivity contribution in [2.45, 2.75) is 58.8 Å². The van der Waals surface area contributed by atoms with Gasteiger partial charge in [-0.2, -0.15) is 0 Å². The number of hydrogen-bond donors (Lipinski definition) is 1. The number of hydrogen-bond acceptors (Lipinski definition) is 6. The van der Waals surface area contributed by atoms with Crippen molar-refractivity contribution in [3.8, 4) is 0 Å². The fourth-order valence-corrected chi connectivity index (χ4v) is 1.79. The summed E-state index contributed by atoms with van der Waals surface area (Å²) < 4.78 is 14.5. The zero-order chi connectivity index (χ0) is 18.7. The highest BCUT2D eigenvalue weighted by atomic mass is 16.7. The number of benzene rings is 1. The molecule has 1 amide bonds. The van der Waals surface area contributed by atoms with Gasteiger partial charge in [-0.15, -0.1) is 0 Å². The van der Waals surface area contributed by atoms with Crippen molar-refractivity contribution in [1.29, 1.82) is 0 Å². The SMILES string of the molecule is CCC(C)OC(=O)OC(=O)CC[C@@H](C)NC(=O)OCc1ccccc1. The van der Waals surface area contributed by atoms with Gasteiger partial charge in [0.1, 0.15) is 12.7 Å². The van der Waals surface area contributed by atoms with Crippen molar-refractivity contribution in [3.05, 3.63) is 35.9 Å². The van der Waals surface area contributed by atoms with E-state index in [1.165, 1.54) is 0 Å². The molecular weight excluding hydrogens is 326 g/mol. The lowest BCUT2D eigenvalue weighted by molar-refractivity contribution is -0.140. The maximum absolute atomic E-state index is 11.7. The van der Waals surface area contributed by atoms with Crippen molar-refractivity contribution in [2.24, 2.45) is 0 Å². The van der Waals surface area contributed by atoms with Gasteiger partial charge in [0.15, 0.2) is 0 Å². The van der Waals surface area contributed by atoms with Gasteiger partial charge in [0, 0.05) is 12.5 Å². The Morgan fingerprint density at radius 3 is 2.44 bits per heavy atom. The summed E-state index contributed by atoms with van der Waals surface area (Å²) in [5.41, 5.74) is 0.883. The molecule has 0 radical (unpaired) electrons. The lowest BCUT2D eigenvalue weighted by Crippen LogP contribution is -2.33. The van der Waals surface area contributed by atoms with Crippen molar-refractivity contribution in [2.75, 3.05) is 0 Å². The molecule has 0 fully saturated rings. The summed E-state index contributed by atoms with van der Waals surface area (Å²) in [4.78, 5) is 34.5. The van der Waals surface area contributed by atoms with E-state index in [0.717, 1.165) is 5.56 Å². The topological polar surface area (TPSA) is 90.9 Å². The number of carbonyl (C=O) groups excluding carboxylic acids is 3. The predicted molar refractivity (Wildman–Crippen MR) is 90.8 cm³/mol. The molecule has 0 aliphatic carbocycles. The number of rotatable bonds is 8. The summed E-state index contributed by atoms with van der Waals surface area (Å²) in [5, 5.41) is 2.62. The molecule has 1 aromatic rings. The van der Waals surface area contributed by atoms with Gasteiger partial charge in [0.05, 0.1) is 0 Å². The Hall–Kier alpha value is -2.57. The Morgan fingerprint density at radius 2 is 1.80 bits per heavy atom. The Kier molecular flexibility index (Phi) is 9.06. The molecule has 0 bridgehead atoms. The molecule has 7 nitrogen and oxygen atoms in total. The molecule has 0 aromatic heterocycles. The summed E-state index contributed by atoms with van der Waals surface area (Å²) in [5.74, 6) is -0.695. The first-order chi connectivity index (χ1) is 11.9. The van der Waals surface area contributed by atoms with Gasteiger partial charge in [-0.3, -0.25) is 4.79 Å². The summed E-state index contributed by atoms with van der Waals surface area (Å²) >= 11 is 0. The van der Waals surface area contributed by atoms with Crippen LogP contribution in [0.25, 0.3) is 0 Å². The monoisotopic (exact) mass is 351 g/mol. The van der Waals surface area contributed by atoms with Gasteiger partial charge in [0.2, 0.25) is 0 Å². The van der Waals surface area contributed by atoms with Crippen LogP contribution >= 0.6 is 0 Å². The molecule has 138 valence electrons. The number of alkyl carbamates (subject to hydrolysis) is 1. The second-order valence-electron chi connectivity index (χ2n) is 5.71. The fourth-order valence-electron chi connectivity index (χ4n) is 1.79. The van der Waals surface area contributed by atoms with Gasteiger partial charge >= 0.3 is 18.2 Å².